The Balaban J connectivity index is 1.78. The molecule has 0 radical (unpaired) electrons. The van der Waals surface area contributed by atoms with E-state index in [4.69, 9.17) is 0 Å². The first-order valence-corrected chi connectivity index (χ1v) is 7.90. The first-order chi connectivity index (χ1) is 12.4. The summed E-state index contributed by atoms with van der Waals surface area (Å²) in [4.78, 5) is 49.9. The van der Waals surface area contributed by atoms with Crippen LogP contribution in [0.5, 0.6) is 0 Å². The average Bonchev–Trinajstić information content (AvgIpc) is 2.91. The molecule has 1 N–H and O–H groups in total. The van der Waals surface area contributed by atoms with E-state index in [1.54, 1.807) is 42.5 Å². The van der Waals surface area contributed by atoms with Crippen LogP contribution in [0.3, 0.4) is 0 Å². The summed E-state index contributed by atoms with van der Waals surface area (Å²) in [6.45, 7) is 1.47. The summed E-state index contributed by atoms with van der Waals surface area (Å²) in [7, 11) is 1.26. The van der Waals surface area contributed by atoms with Crippen LogP contribution in [0.4, 0.5) is 5.69 Å². The lowest BCUT2D eigenvalue weighted by atomic mass is 10.1. The topological polar surface area (TPSA) is 92.8 Å². The minimum absolute atomic E-state index is 0.277. The van der Waals surface area contributed by atoms with Gasteiger partial charge in [-0.1, -0.05) is 18.2 Å². The minimum Gasteiger partial charge on any atom is -0.465 e. The Morgan fingerprint density at radius 3 is 2.19 bits per heavy atom. The Kier molecular flexibility index (Phi) is 4.53. The third-order valence-corrected chi connectivity index (χ3v) is 4.14. The van der Waals surface area contributed by atoms with Crippen molar-refractivity contribution in [3.8, 4) is 0 Å². The summed E-state index contributed by atoms with van der Waals surface area (Å²) in [5.41, 5.74) is 1.20. The first kappa shape index (κ1) is 17.3. The molecule has 1 aliphatic heterocycles. The largest absolute Gasteiger partial charge is 0.465 e. The molecule has 26 heavy (non-hydrogen) atoms. The molecule has 2 aromatic rings. The smallest absolute Gasteiger partial charge is 0.337 e. The lowest BCUT2D eigenvalue weighted by molar-refractivity contribution is -0.119. The molecule has 3 rings (SSSR count). The number of methoxy groups -OCH3 is 1. The number of amides is 3. The molecule has 3 amide bonds. The predicted octanol–water partition coefficient (Wildman–Crippen LogP) is 2.10. The summed E-state index contributed by atoms with van der Waals surface area (Å²) >= 11 is 0. The van der Waals surface area contributed by atoms with E-state index >= 15 is 0 Å². The molecule has 132 valence electrons. The van der Waals surface area contributed by atoms with Gasteiger partial charge in [0.05, 0.1) is 23.8 Å². The highest BCUT2D eigenvalue weighted by Gasteiger charge is 2.40. The predicted molar refractivity (Wildman–Crippen MR) is 92.8 cm³/mol. The molecule has 7 nitrogen and oxygen atoms in total. The van der Waals surface area contributed by atoms with Gasteiger partial charge in [-0.15, -0.1) is 0 Å². The highest BCUT2D eigenvalue weighted by Crippen LogP contribution is 2.25. The van der Waals surface area contributed by atoms with Crippen molar-refractivity contribution in [3.63, 3.8) is 0 Å². The van der Waals surface area contributed by atoms with Gasteiger partial charge >= 0.3 is 5.97 Å². The molecule has 1 atom stereocenters. The number of esters is 1. The van der Waals surface area contributed by atoms with E-state index in [1.165, 1.54) is 20.1 Å². The second-order valence-corrected chi connectivity index (χ2v) is 5.76. The fraction of sp³-hybridized carbons (Fsp3) is 0.158. The van der Waals surface area contributed by atoms with Gasteiger partial charge in [0.25, 0.3) is 11.8 Å². The summed E-state index contributed by atoms with van der Waals surface area (Å²) in [6, 6.07) is 11.6. The maximum Gasteiger partial charge on any atom is 0.337 e. The fourth-order valence-electron chi connectivity index (χ4n) is 2.77. The van der Waals surface area contributed by atoms with Gasteiger partial charge in [0.2, 0.25) is 5.91 Å². The van der Waals surface area contributed by atoms with E-state index in [0.717, 1.165) is 4.90 Å². The Labute approximate surface area is 149 Å². The third-order valence-electron chi connectivity index (χ3n) is 4.14. The van der Waals surface area contributed by atoms with E-state index in [2.05, 4.69) is 10.1 Å². The van der Waals surface area contributed by atoms with Crippen molar-refractivity contribution in [3.05, 3.63) is 65.2 Å². The van der Waals surface area contributed by atoms with Gasteiger partial charge in [-0.25, -0.2) is 4.79 Å². The fourth-order valence-corrected chi connectivity index (χ4v) is 2.77. The van der Waals surface area contributed by atoms with Crippen LogP contribution in [-0.4, -0.2) is 41.7 Å². The van der Waals surface area contributed by atoms with Crippen LogP contribution in [0, 0.1) is 0 Å². The quantitative estimate of drug-likeness (QED) is 0.672. The van der Waals surface area contributed by atoms with E-state index in [-0.39, 0.29) is 16.7 Å². The zero-order valence-electron chi connectivity index (χ0n) is 14.2. The number of imide groups is 1. The monoisotopic (exact) mass is 352 g/mol. The van der Waals surface area contributed by atoms with Gasteiger partial charge in [0, 0.05) is 5.69 Å². The Morgan fingerprint density at radius 2 is 1.62 bits per heavy atom. The highest BCUT2D eigenvalue weighted by molar-refractivity contribution is 6.23. The number of nitrogens with one attached hydrogen (secondary N) is 1. The maximum atomic E-state index is 12.5. The molecular weight excluding hydrogens is 336 g/mol. The lowest BCUT2D eigenvalue weighted by Gasteiger charge is -2.21. The molecule has 1 heterocycles. The van der Waals surface area contributed by atoms with Crippen molar-refractivity contribution in [1.29, 1.82) is 0 Å². The van der Waals surface area contributed by atoms with Crippen molar-refractivity contribution >= 4 is 29.4 Å². The lowest BCUT2D eigenvalue weighted by Crippen LogP contribution is -2.45. The van der Waals surface area contributed by atoms with Gasteiger partial charge in [0.1, 0.15) is 6.04 Å². The summed E-state index contributed by atoms with van der Waals surface area (Å²) in [6.07, 6.45) is 0. The average molecular weight is 352 g/mol. The Morgan fingerprint density at radius 1 is 1.00 bits per heavy atom. The standard InChI is InChI=1S/C19H16N2O5/c1-11(21-17(23)14-8-3-4-9-15(14)18(21)24)16(22)20-13-7-5-6-12(10-13)19(25)26-2/h3-11H,1-2H3,(H,20,22)/t11-/m1/s1. The molecular formula is C19H16N2O5. The number of benzene rings is 2. The summed E-state index contributed by atoms with van der Waals surface area (Å²) < 4.78 is 4.64. The molecule has 0 saturated heterocycles. The number of nitrogens with zero attached hydrogens (tertiary/aromatic N) is 1. The van der Waals surface area contributed by atoms with Crippen LogP contribution >= 0.6 is 0 Å². The van der Waals surface area contributed by atoms with E-state index < -0.39 is 29.7 Å². The molecule has 0 fully saturated rings. The maximum absolute atomic E-state index is 12.5. The second kappa shape index (κ2) is 6.79. The number of ether oxygens (including phenoxy) is 1. The van der Waals surface area contributed by atoms with Gasteiger partial charge in [0.15, 0.2) is 0 Å². The first-order valence-electron chi connectivity index (χ1n) is 7.90. The third kappa shape index (κ3) is 2.95. The van der Waals surface area contributed by atoms with Gasteiger partial charge in [-0.05, 0) is 37.3 Å². The van der Waals surface area contributed by atoms with Gasteiger partial charge in [-0.3, -0.25) is 19.3 Å². The van der Waals surface area contributed by atoms with Crippen LogP contribution in [0.1, 0.15) is 38.0 Å². The Bertz CT molecular complexity index is 887. The van der Waals surface area contributed by atoms with Crippen LogP contribution in [0.2, 0.25) is 0 Å². The van der Waals surface area contributed by atoms with E-state index in [9.17, 15) is 19.2 Å². The number of fused-ring (bicyclic) bond motifs is 1. The molecule has 0 aromatic heterocycles. The minimum atomic E-state index is -1.01. The van der Waals surface area contributed by atoms with Crippen LogP contribution in [-0.2, 0) is 9.53 Å². The summed E-state index contributed by atoms with van der Waals surface area (Å²) in [5.74, 6) is -2.08. The molecule has 0 aliphatic carbocycles. The number of rotatable bonds is 4. The van der Waals surface area contributed by atoms with Crippen molar-refractivity contribution in [1.82, 2.24) is 4.90 Å². The number of anilines is 1. The highest BCUT2D eigenvalue weighted by atomic mass is 16.5. The van der Waals surface area contributed by atoms with E-state index in [0.29, 0.717) is 5.69 Å². The normalized spacial score (nSPS) is 14.0. The molecule has 0 bridgehead atoms. The molecule has 7 heteroatoms. The number of carbonyl (C=O) groups excluding carboxylic acids is 4. The molecule has 0 unspecified atom stereocenters. The van der Waals surface area contributed by atoms with E-state index in [1.807, 2.05) is 0 Å². The zero-order chi connectivity index (χ0) is 18.8. The van der Waals surface area contributed by atoms with Crippen molar-refractivity contribution < 1.29 is 23.9 Å². The van der Waals surface area contributed by atoms with Crippen molar-refractivity contribution in [2.75, 3.05) is 12.4 Å². The number of carbonyl (C=O) groups is 4. The number of hydrogen-bond acceptors (Lipinski definition) is 5. The Hall–Kier alpha value is -3.48. The second-order valence-electron chi connectivity index (χ2n) is 5.76. The van der Waals surface area contributed by atoms with Crippen molar-refractivity contribution in [2.24, 2.45) is 0 Å². The molecule has 2 aromatic carbocycles. The van der Waals surface area contributed by atoms with Crippen LogP contribution < -0.4 is 5.32 Å². The molecule has 0 saturated carbocycles. The zero-order valence-corrected chi connectivity index (χ0v) is 14.2. The van der Waals surface area contributed by atoms with Crippen LogP contribution in [0.25, 0.3) is 0 Å². The molecule has 0 spiro atoms. The van der Waals surface area contributed by atoms with Gasteiger partial charge in [-0.2, -0.15) is 0 Å². The van der Waals surface area contributed by atoms with Gasteiger partial charge < -0.3 is 10.1 Å². The molecule has 1 aliphatic rings. The summed E-state index contributed by atoms with van der Waals surface area (Å²) in [5, 5.41) is 2.61. The number of hydrogen-bond donors (Lipinski definition) is 1. The SMILES string of the molecule is COC(=O)c1cccc(NC(=O)[C@@H](C)N2C(=O)c3ccccc3C2=O)c1. The van der Waals surface area contributed by atoms with Crippen molar-refractivity contribution in [2.45, 2.75) is 13.0 Å². The van der Waals surface area contributed by atoms with Crippen LogP contribution in [0.15, 0.2) is 48.5 Å².